The molecule has 5 heteroatoms. The molecule has 3 N–H and O–H groups in total. The van der Waals surface area contributed by atoms with Gasteiger partial charge in [0, 0.05) is 18.5 Å². The maximum absolute atomic E-state index is 10.4. The van der Waals surface area contributed by atoms with E-state index in [0.717, 1.165) is 22.6 Å². The first-order valence-electron chi connectivity index (χ1n) is 8.48. The van der Waals surface area contributed by atoms with Crippen molar-refractivity contribution in [3.63, 3.8) is 0 Å². The molecule has 25 heavy (non-hydrogen) atoms. The molecule has 2 aromatic rings. The Balaban J connectivity index is 1.73. The Labute approximate surface area is 148 Å². The van der Waals surface area contributed by atoms with Crippen LogP contribution in [0.15, 0.2) is 48.5 Å². The lowest BCUT2D eigenvalue weighted by atomic mass is 9.93. The summed E-state index contributed by atoms with van der Waals surface area (Å²) in [4.78, 5) is 0. The Hall–Kier alpha value is -2.08. The number of hydrogen-bond donors (Lipinski definition) is 3. The van der Waals surface area contributed by atoms with E-state index >= 15 is 0 Å². The lowest BCUT2D eigenvalue weighted by Gasteiger charge is -2.24. The monoisotopic (exact) mass is 343 g/mol. The van der Waals surface area contributed by atoms with Crippen LogP contribution >= 0.6 is 0 Å². The minimum Gasteiger partial charge on any atom is -0.497 e. The van der Waals surface area contributed by atoms with Crippen LogP contribution in [-0.2, 0) is 6.54 Å². The molecule has 3 rings (SSSR count). The van der Waals surface area contributed by atoms with Gasteiger partial charge < -0.3 is 25.0 Å². The van der Waals surface area contributed by atoms with Crippen LogP contribution in [0.2, 0.25) is 0 Å². The molecule has 134 valence electrons. The van der Waals surface area contributed by atoms with Gasteiger partial charge in [0.1, 0.15) is 11.5 Å². The summed E-state index contributed by atoms with van der Waals surface area (Å²) in [6, 6.07) is 15.4. The zero-order valence-electron chi connectivity index (χ0n) is 14.6. The molecule has 5 nitrogen and oxygen atoms in total. The topological polar surface area (TPSA) is 71.0 Å². The Morgan fingerprint density at radius 3 is 2.40 bits per heavy atom. The third-order valence-corrected chi connectivity index (χ3v) is 4.91. The van der Waals surface area contributed by atoms with Crippen molar-refractivity contribution in [2.45, 2.75) is 37.1 Å². The number of hydrogen-bond acceptors (Lipinski definition) is 5. The lowest BCUT2D eigenvalue weighted by Crippen LogP contribution is -2.41. The molecule has 1 aliphatic carbocycles. The van der Waals surface area contributed by atoms with Crippen LogP contribution < -0.4 is 14.8 Å². The Morgan fingerprint density at radius 2 is 1.72 bits per heavy atom. The van der Waals surface area contributed by atoms with Crippen molar-refractivity contribution in [2.24, 2.45) is 0 Å². The zero-order valence-corrected chi connectivity index (χ0v) is 14.6. The molecule has 1 fully saturated rings. The maximum Gasteiger partial charge on any atom is 0.119 e. The van der Waals surface area contributed by atoms with Gasteiger partial charge in [-0.05, 0) is 41.8 Å². The van der Waals surface area contributed by atoms with Crippen molar-refractivity contribution in [3.05, 3.63) is 59.7 Å². The van der Waals surface area contributed by atoms with Crippen LogP contribution in [0.5, 0.6) is 11.5 Å². The van der Waals surface area contributed by atoms with Crippen LogP contribution in [0, 0.1) is 0 Å². The molecule has 0 saturated heterocycles. The van der Waals surface area contributed by atoms with E-state index < -0.39 is 12.2 Å². The summed E-state index contributed by atoms with van der Waals surface area (Å²) in [5, 5.41) is 24.0. The summed E-state index contributed by atoms with van der Waals surface area (Å²) < 4.78 is 10.4. The van der Waals surface area contributed by atoms with Crippen molar-refractivity contribution in [1.82, 2.24) is 5.32 Å². The average molecular weight is 343 g/mol. The predicted octanol–water partition coefficient (Wildman–Crippen LogP) is 2.07. The molecule has 0 amide bonds. The van der Waals surface area contributed by atoms with Gasteiger partial charge in [-0.15, -0.1) is 0 Å². The fourth-order valence-electron chi connectivity index (χ4n) is 3.50. The molecule has 0 radical (unpaired) electrons. The molecule has 1 aliphatic rings. The van der Waals surface area contributed by atoms with Gasteiger partial charge in [0.05, 0.1) is 26.4 Å². The second-order valence-electron chi connectivity index (χ2n) is 6.43. The summed E-state index contributed by atoms with van der Waals surface area (Å²) in [5.74, 6) is 1.64. The summed E-state index contributed by atoms with van der Waals surface area (Å²) in [5.41, 5.74) is 2.15. The number of methoxy groups -OCH3 is 2. The molecule has 2 aromatic carbocycles. The molecule has 0 spiro atoms. The van der Waals surface area contributed by atoms with Gasteiger partial charge in [-0.2, -0.15) is 0 Å². The molecular weight excluding hydrogens is 318 g/mol. The van der Waals surface area contributed by atoms with E-state index in [1.54, 1.807) is 14.2 Å². The SMILES string of the molecule is COc1ccc([C@H]2C[C@@H](O)[C@@H](O)[C@@H]2NCc2cccc(OC)c2)cc1. The van der Waals surface area contributed by atoms with Crippen LogP contribution in [-0.4, -0.2) is 42.7 Å². The average Bonchev–Trinajstić information content (AvgIpc) is 2.94. The quantitative estimate of drug-likeness (QED) is 0.749. The third-order valence-electron chi connectivity index (χ3n) is 4.91. The van der Waals surface area contributed by atoms with Crippen molar-refractivity contribution in [1.29, 1.82) is 0 Å². The standard InChI is InChI=1S/C20H25NO4/c1-24-15-8-6-14(7-9-15)17-11-18(22)20(23)19(17)21-12-13-4-3-5-16(10-13)25-2/h3-10,17-23H,11-12H2,1-2H3/t17-,18-,19-,20-/m1/s1. The van der Waals surface area contributed by atoms with Gasteiger partial charge in [-0.1, -0.05) is 24.3 Å². The molecule has 0 aliphatic heterocycles. The Bertz CT molecular complexity index is 688. The number of aliphatic hydroxyl groups is 2. The van der Waals surface area contributed by atoms with Crippen molar-refractivity contribution in [2.75, 3.05) is 14.2 Å². The molecule has 4 atom stereocenters. The highest BCUT2D eigenvalue weighted by Crippen LogP contribution is 2.36. The number of aliphatic hydroxyl groups excluding tert-OH is 2. The van der Waals surface area contributed by atoms with Crippen LogP contribution in [0.25, 0.3) is 0 Å². The number of ether oxygens (including phenoxy) is 2. The fourth-order valence-corrected chi connectivity index (χ4v) is 3.50. The van der Waals surface area contributed by atoms with Crippen LogP contribution in [0.1, 0.15) is 23.5 Å². The number of nitrogens with one attached hydrogen (secondary N) is 1. The lowest BCUT2D eigenvalue weighted by molar-refractivity contribution is 0.0297. The first kappa shape index (κ1) is 17.7. The van der Waals surface area contributed by atoms with E-state index in [4.69, 9.17) is 9.47 Å². The van der Waals surface area contributed by atoms with E-state index in [2.05, 4.69) is 5.32 Å². The second-order valence-corrected chi connectivity index (χ2v) is 6.43. The minimum atomic E-state index is -0.794. The van der Waals surface area contributed by atoms with Crippen molar-refractivity contribution >= 4 is 0 Å². The summed E-state index contributed by atoms with van der Waals surface area (Å²) in [6.45, 7) is 0.596. The minimum absolute atomic E-state index is 0.0431. The van der Waals surface area contributed by atoms with Gasteiger partial charge in [0.25, 0.3) is 0 Å². The number of rotatable bonds is 6. The normalized spacial score (nSPS) is 25.8. The fraction of sp³-hybridized carbons (Fsp3) is 0.400. The highest BCUT2D eigenvalue weighted by molar-refractivity contribution is 5.32. The van der Waals surface area contributed by atoms with E-state index in [-0.39, 0.29) is 12.0 Å². The molecule has 1 saturated carbocycles. The largest absolute Gasteiger partial charge is 0.497 e. The van der Waals surface area contributed by atoms with E-state index in [1.807, 2.05) is 48.5 Å². The summed E-state index contributed by atoms with van der Waals surface area (Å²) >= 11 is 0. The summed E-state index contributed by atoms with van der Waals surface area (Å²) in [6.07, 6.45) is -0.990. The van der Waals surface area contributed by atoms with Gasteiger partial charge in [-0.25, -0.2) is 0 Å². The third kappa shape index (κ3) is 3.95. The smallest absolute Gasteiger partial charge is 0.119 e. The van der Waals surface area contributed by atoms with Crippen LogP contribution in [0.4, 0.5) is 0 Å². The zero-order chi connectivity index (χ0) is 17.8. The molecule has 0 heterocycles. The van der Waals surface area contributed by atoms with E-state index in [1.165, 1.54) is 0 Å². The van der Waals surface area contributed by atoms with Gasteiger partial charge in [0.2, 0.25) is 0 Å². The molecular formula is C20H25NO4. The highest BCUT2D eigenvalue weighted by atomic mass is 16.5. The van der Waals surface area contributed by atoms with Crippen LogP contribution in [0.3, 0.4) is 0 Å². The van der Waals surface area contributed by atoms with Gasteiger partial charge >= 0.3 is 0 Å². The van der Waals surface area contributed by atoms with Gasteiger partial charge in [-0.3, -0.25) is 0 Å². The highest BCUT2D eigenvalue weighted by Gasteiger charge is 2.41. The summed E-state index contributed by atoms with van der Waals surface area (Å²) in [7, 11) is 3.28. The van der Waals surface area contributed by atoms with E-state index in [9.17, 15) is 10.2 Å². The Kier molecular flexibility index (Phi) is 5.58. The van der Waals surface area contributed by atoms with E-state index in [0.29, 0.717) is 13.0 Å². The number of benzene rings is 2. The Morgan fingerprint density at radius 1 is 1.00 bits per heavy atom. The second kappa shape index (κ2) is 7.87. The van der Waals surface area contributed by atoms with Gasteiger partial charge in [0.15, 0.2) is 0 Å². The predicted molar refractivity (Wildman–Crippen MR) is 96.0 cm³/mol. The van der Waals surface area contributed by atoms with Crippen molar-refractivity contribution < 1.29 is 19.7 Å². The first-order chi connectivity index (χ1) is 12.1. The molecule has 0 aromatic heterocycles. The molecule has 0 unspecified atom stereocenters. The maximum atomic E-state index is 10.4. The molecule has 0 bridgehead atoms. The van der Waals surface area contributed by atoms with Crippen molar-refractivity contribution in [3.8, 4) is 11.5 Å². The first-order valence-corrected chi connectivity index (χ1v) is 8.48.